The Labute approximate surface area is 186 Å². The Morgan fingerprint density at radius 2 is 1.81 bits per heavy atom. The molecule has 7 heteroatoms. The lowest BCUT2D eigenvalue weighted by Crippen LogP contribution is -2.30. The lowest BCUT2D eigenvalue weighted by molar-refractivity contribution is -0.137. The van der Waals surface area contributed by atoms with Gasteiger partial charge in [0, 0.05) is 5.56 Å². The molecule has 166 valence electrons. The number of nitrogens with zero attached hydrogens (tertiary/aromatic N) is 1. The van der Waals surface area contributed by atoms with Crippen molar-refractivity contribution in [1.82, 2.24) is 10.5 Å². The van der Waals surface area contributed by atoms with E-state index >= 15 is 0 Å². The second kappa shape index (κ2) is 9.68. The van der Waals surface area contributed by atoms with Crippen LogP contribution in [0.2, 0.25) is 0 Å². The van der Waals surface area contributed by atoms with E-state index in [1.807, 2.05) is 42.5 Å². The number of hydrogen-bond acceptors (Lipinski definition) is 5. The molecule has 1 amide bonds. The van der Waals surface area contributed by atoms with Crippen LogP contribution in [-0.2, 0) is 4.79 Å². The maximum absolute atomic E-state index is 13.2. The molecule has 1 aromatic heterocycles. The van der Waals surface area contributed by atoms with Crippen LogP contribution >= 0.6 is 0 Å². The van der Waals surface area contributed by atoms with Crippen LogP contribution in [0.1, 0.15) is 59.8 Å². The maximum atomic E-state index is 13.2. The number of aliphatic carboxylic acids is 1. The van der Waals surface area contributed by atoms with Gasteiger partial charge >= 0.3 is 5.97 Å². The fourth-order valence-electron chi connectivity index (χ4n) is 4.07. The molecule has 0 unspecified atom stereocenters. The molecule has 0 spiro atoms. The molecule has 32 heavy (non-hydrogen) atoms. The van der Waals surface area contributed by atoms with Crippen molar-refractivity contribution in [2.45, 2.75) is 51.2 Å². The molecular formula is C25H26N2O5. The first-order chi connectivity index (χ1) is 15.5. The van der Waals surface area contributed by atoms with Gasteiger partial charge in [0.1, 0.15) is 22.8 Å². The number of aromatic nitrogens is 1. The summed E-state index contributed by atoms with van der Waals surface area (Å²) in [6.07, 6.45) is 4.47. The molecule has 1 aliphatic rings. The molecule has 1 fully saturated rings. The summed E-state index contributed by atoms with van der Waals surface area (Å²) in [7, 11) is 0. The fourth-order valence-corrected chi connectivity index (χ4v) is 4.07. The SMILES string of the molecule is Cc1onc(-c2ccccc2)c1C(=O)N[C@H](CC(=O)O)c1ccc(OC2CCCC2)cc1. The maximum Gasteiger partial charge on any atom is 0.305 e. The van der Waals surface area contributed by atoms with E-state index in [2.05, 4.69) is 10.5 Å². The first-order valence-electron chi connectivity index (χ1n) is 10.8. The van der Waals surface area contributed by atoms with Crippen LogP contribution in [0.4, 0.5) is 0 Å². The monoisotopic (exact) mass is 434 g/mol. The lowest BCUT2D eigenvalue weighted by atomic mass is 10.0. The van der Waals surface area contributed by atoms with E-state index in [0.29, 0.717) is 22.6 Å². The Balaban J connectivity index is 1.54. The van der Waals surface area contributed by atoms with E-state index in [4.69, 9.17) is 9.26 Å². The number of carbonyl (C=O) groups is 2. The van der Waals surface area contributed by atoms with Crippen LogP contribution in [0.5, 0.6) is 5.75 Å². The van der Waals surface area contributed by atoms with Crippen molar-refractivity contribution in [2.75, 3.05) is 0 Å². The third-order valence-electron chi connectivity index (χ3n) is 5.71. The standard InChI is InChI=1S/C25H26N2O5/c1-16-23(24(27-32-16)18-7-3-2-4-8-18)25(30)26-21(15-22(28)29)17-11-13-20(14-12-17)31-19-9-5-6-10-19/h2-4,7-8,11-14,19,21H,5-6,9-10,15H2,1H3,(H,26,30)(H,28,29)/t21-/m1/s1. The highest BCUT2D eigenvalue weighted by atomic mass is 16.5. The molecule has 0 bridgehead atoms. The highest BCUT2D eigenvalue weighted by Crippen LogP contribution is 2.28. The van der Waals surface area contributed by atoms with Crippen LogP contribution < -0.4 is 10.1 Å². The van der Waals surface area contributed by atoms with Crippen molar-refractivity contribution >= 4 is 11.9 Å². The van der Waals surface area contributed by atoms with Gasteiger partial charge in [-0.1, -0.05) is 47.6 Å². The van der Waals surface area contributed by atoms with Gasteiger partial charge in [0.25, 0.3) is 5.91 Å². The lowest BCUT2D eigenvalue weighted by Gasteiger charge is -2.19. The first-order valence-corrected chi connectivity index (χ1v) is 10.8. The van der Waals surface area contributed by atoms with Gasteiger partial charge in [-0.25, -0.2) is 0 Å². The number of carboxylic acids is 1. The minimum absolute atomic E-state index is 0.239. The summed E-state index contributed by atoms with van der Waals surface area (Å²) in [6.45, 7) is 1.66. The third-order valence-corrected chi connectivity index (χ3v) is 5.71. The Hall–Kier alpha value is -3.61. The molecule has 1 aliphatic carbocycles. The largest absolute Gasteiger partial charge is 0.490 e. The average Bonchev–Trinajstić information content (AvgIpc) is 3.43. The van der Waals surface area contributed by atoms with Crippen LogP contribution in [0.15, 0.2) is 59.1 Å². The van der Waals surface area contributed by atoms with Gasteiger partial charge < -0.3 is 19.7 Å². The quantitative estimate of drug-likeness (QED) is 0.522. The molecule has 0 aliphatic heterocycles. The molecule has 2 N–H and O–H groups in total. The van der Waals surface area contributed by atoms with E-state index in [-0.39, 0.29) is 12.5 Å². The van der Waals surface area contributed by atoms with Crippen molar-refractivity contribution in [2.24, 2.45) is 0 Å². The number of nitrogens with one attached hydrogen (secondary N) is 1. The van der Waals surface area contributed by atoms with Crippen LogP contribution in [0, 0.1) is 6.92 Å². The minimum Gasteiger partial charge on any atom is -0.490 e. The summed E-state index contributed by atoms with van der Waals surface area (Å²) in [5, 5.41) is 16.3. The molecule has 0 saturated heterocycles. The molecule has 7 nitrogen and oxygen atoms in total. The van der Waals surface area contributed by atoms with Crippen LogP contribution in [0.25, 0.3) is 11.3 Å². The summed E-state index contributed by atoms with van der Waals surface area (Å²) in [4.78, 5) is 24.7. The van der Waals surface area contributed by atoms with Crippen LogP contribution in [0.3, 0.4) is 0 Å². The minimum atomic E-state index is -1.01. The van der Waals surface area contributed by atoms with E-state index in [1.54, 1.807) is 19.1 Å². The van der Waals surface area contributed by atoms with E-state index in [0.717, 1.165) is 24.2 Å². The van der Waals surface area contributed by atoms with Crippen molar-refractivity contribution in [3.8, 4) is 17.0 Å². The van der Waals surface area contributed by atoms with Gasteiger partial charge in [0.05, 0.1) is 18.6 Å². The van der Waals surface area contributed by atoms with Crippen molar-refractivity contribution in [3.63, 3.8) is 0 Å². The zero-order valence-corrected chi connectivity index (χ0v) is 17.9. The molecule has 0 radical (unpaired) electrons. The first kappa shape index (κ1) is 21.6. The zero-order valence-electron chi connectivity index (χ0n) is 17.9. The number of amides is 1. The summed E-state index contributed by atoms with van der Waals surface area (Å²) < 4.78 is 11.3. The fraction of sp³-hybridized carbons (Fsp3) is 0.320. The number of hydrogen-bond donors (Lipinski definition) is 2. The van der Waals surface area contributed by atoms with E-state index in [1.165, 1.54) is 12.8 Å². The number of carbonyl (C=O) groups excluding carboxylic acids is 1. The molecule has 1 heterocycles. The Morgan fingerprint density at radius 1 is 1.12 bits per heavy atom. The van der Waals surface area contributed by atoms with Crippen molar-refractivity contribution < 1.29 is 24.0 Å². The summed E-state index contributed by atoms with van der Waals surface area (Å²) in [5.74, 6) is -0.315. The summed E-state index contributed by atoms with van der Waals surface area (Å²) in [5.41, 5.74) is 2.16. The van der Waals surface area contributed by atoms with Gasteiger partial charge in [-0.15, -0.1) is 0 Å². The molecule has 3 aromatic rings. The topological polar surface area (TPSA) is 102 Å². The third kappa shape index (κ3) is 4.99. The average molecular weight is 434 g/mol. The second-order valence-electron chi connectivity index (χ2n) is 8.05. The Morgan fingerprint density at radius 3 is 2.47 bits per heavy atom. The van der Waals surface area contributed by atoms with E-state index < -0.39 is 17.9 Å². The van der Waals surface area contributed by atoms with Crippen molar-refractivity contribution in [3.05, 3.63) is 71.5 Å². The summed E-state index contributed by atoms with van der Waals surface area (Å²) in [6, 6.07) is 15.8. The number of carboxylic acid groups (broad SMARTS) is 1. The predicted octanol–water partition coefficient (Wildman–Crippen LogP) is 4.92. The second-order valence-corrected chi connectivity index (χ2v) is 8.05. The molecule has 1 saturated carbocycles. The van der Waals surface area contributed by atoms with Crippen molar-refractivity contribution in [1.29, 1.82) is 0 Å². The van der Waals surface area contributed by atoms with Gasteiger partial charge in [0.15, 0.2) is 0 Å². The number of ether oxygens (including phenoxy) is 1. The Kier molecular flexibility index (Phi) is 6.54. The molecule has 4 rings (SSSR count). The highest BCUT2D eigenvalue weighted by molar-refractivity contribution is 6.01. The smallest absolute Gasteiger partial charge is 0.305 e. The highest BCUT2D eigenvalue weighted by Gasteiger charge is 2.26. The number of benzene rings is 2. The van der Waals surface area contributed by atoms with E-state index in [9.17, 15) is 14.7 Å². The predicted molar refractivity (Wildman–Crippen MR) is 118 cm³/mol. The molecule has 1 atom stereocenters. The normalized spacial score (nSPS) is 14.8. The Bertz CT molecular complexity index is 1070. The van der Waals surface area contributed by atoms with Gasteiger partial charge in [-0.3, -0.25) is 9.59 Å². The zero-order chi connectivity index (χ0) is 22.5. The van der Waals surface area contributed by atoms with Gasteiger partial charge in [-0.05, 0) is 50.3 Å². The summed E-state index contributed by atoms with van der Waals surface area (Å²) >= 11 is 0. The number of rotatable bonds is 8. The van der Waals surface area contributed by atoms with Crippen LogP contribution in [-0.4, -0.2) is 28.2 Å². The molecular weight excluding hydrogens is 408 g/mol. The molecule has 2 aromatic carbocycles. The van der Waals surface area contributed by atoms with Gasteiger partial charge in [-0.2, -0.15) is 0 Å². The van der Waals surface area contributed by atoms with Gasteiger partial charge in [0.2, 0.25) is 0 Å². The number of aryl methyl sites for hydroxylation is 1.